The minimum Gasteiger partial charge on any atom is -0.491 e. The number of hydrogen-bond acceptors (Lipinski definition) is 3. The third kappa shape index (κ3) is 3.31. The molecule has 0 radical (unpaired) electrons. The minimum atomic E-state index is -0.443. The lowest BCUT2D eigenvalue weighted by molar-refractivity contribution is 0.0993. The molecule has 0 spiro atoms. The van der Waals surface area contributed by atoms with Crippen molar-refractivity contribution in [3.05, 3.63) is 65.1 Å². The van der Waals surface area contributed by atoms with Gasteiger partial charge >= 0.3 is 0 Å². The van der Waals surface area contributed by atoms with Crippen LogP contribution in [0.15, 0.2) is 42.6 Å². The van der Waals surface area contributed by atoms with Crippen LogP contribution in [0.4, 0.5) is 4.39 Å². The van der Waals surface area contributed by atoms with Crippen molar-refractivity contribution in [2.45, 2.75) is 13.3 Å². The molecule has 1 heterocycles. The maximum absolute atomic E-state index is 13.4. The average Bonchev–Trinajstić information content (AvgIpc) is 2.98. The Morgan fingerprint density at radius 3 is 2.88 bits per heavy atom. The molecule has 0 unspecified atom stereocenters. The largest absolute Gasteiger partial charge is 0.491 e. The summed E-state index contributed by atoms with van der Waals surface area (Å²) in [5.74, 6) is -0.234. The van der Waals surface area contributed by atoms with Crippen molar-refractivity contribution >= 4 is 16.7 Å². The third-order valence-electron chi connectivity index (χ3n) is 3.87. The lowest BCUT2D eigenvalue weighted by Gasteiger charge is -2.10. The number of H-pyrrole nitrogens is 1. The molecule has 3 rings (SSSR count). The van der Waals surface area contributed by atoms with Crippen LogP contribution in [0.1, 0.15) is 21.5 Å². The summed E-state index contributed by atoms with van der Waals surface area (Å²) in [6, 6.07) is 9.96. The van der Waals surface area contributed by atoms with Crippen molar-refractivity contribution in [1.29, 1.82) is 0 Å². The number of hydrogen-bond donors (Lipinski definition) is 2. The molecule has 1 aromatic heterocycles. The monoisotopic (exact) mass is 327 g/mol. The van der Waals surface area contributed by atoms with Crippen LogP contribution in [0.5, 0.6) is 5.75 Å². The molecule has 2 N–H and O–H groups in total. The second-order valence-corrected chi connectivity index (χ2v) is 5.68. The van der Waals surface area contributed by atoms with E-state index in [9.17, 15) is 9.18 Å². The Morgan fingerprint density at radius 2 is 2.08 bits per heavy atom. The average molecular weight is 327 g/mol. The molecular formula is C19H18FNO3. The van der Waals surface area contributed by atoms with Gasteiger partial charge in [-0.15, -0.1) is 0 Å². The van der Waals surface area contributed by atoms with E-state index in [1.807, 2.05) is 25.1 Å². The van der Waals surface area contributed by atoms with Gasteiger partial charge in [-0.1, -0.05) is 17.7 Å². The van der Waals surface area contributed by atoms with E-state index < -0.39 is 5.82 Å². The highest BCUT2D eigenvalue weighted by Gasteiger charge is 2.16. The van der Waals surface area contributed by atoms with Crippen molar-refractivity contribution in [3.63, 3.8) is 0 Å². The number of rotatable bonds is 6. The molecule has 0 bridgehead atoms. The van der Waals surface area contributed by atoms with E-state index in [1.54, 1.807) is 12.3 Å². The van der Waals surface area contributed by atoms with E-state index in [4.69, 9.17) is 9.84 Å². The van der Waals surface area contributed by atoms with E-state index in [-0.39, 0.29) is 31.2 Å². The van der Waals surface area contributed by atoms with Gasteiger partial charge in [0.1, 0.15) is 18.2 Å². The minimum absolute atomic E-state index is 0.0525. The summed E-state index contributed by atoms with van der Waals surface area (Å²) in [4.78, 5) is 15.8. The Balaban J connectivity index is 1.90. The van der Waals surface area contributed by atoms with Crippen LogP contribution >= 0.6 is 0 Å². The molecule has 0 aliphatic heterocycles. The fraction of sp³-hybridized carbons (Fsp3) is 0.211. The van der Waals surface area contributed by atoms with Gasteiger partial charge in [-0.25, -0.2) is 4.39 Å². The van der Waals surface area contributed by atoms with Crippen molar-refractivity contribution in [2.75, 3.05) is 13.2 Å². The Hall–Kier alpha value is -2.66. The summed E-state index contributed by atoms with van der Waals surface area (Å²) in [7, 11) is 0. The van der Waals surface area contributed by atoms with Gasteiger partial charge in [-0.3, -0.25) is 4.79 Å². The van der Waals surface area contributed by atoms with Crippen molar-refractivity contribution in [1.82, 2.24) is 4.98 Å². The SMILES string of the molecule is Cc1ccc2[nH]cc(C(=O)Cc3ccc(F)cc3OCCO)c2c1. The number of halogens is 1. The second kappa shape index (κ2) is 6.84. The van der Waals surface area contributed by atoms with Gasteiger partial charge in [-0.2, -0.15) is 0 Å². The molecule has 2 aromatic carbocycles. The summed E-state index contributed by atoms with van der Waals surface area (Å²) in [6.07, 6.45) is 1.80. The summed E-state index contributed by atoms with van der Waals surface area (Å²) in [5.41, 5.74) is 3.17. The number of aryl methyl sites for hydroxylation is 1. The molecular weight excluding hydrogens is 309 g/mol. The first-order chi connectivity index (χ1) is 11.6. The first kappa shape index (κ1) is 16.2. The van der Waals surface area contributed by atoms with Crippen molar-refractivity contribution < 1.29 is 19.0 Å². The Morgan fingerprint density at radius 1 is 1.25 bits per heavy atom. The van der Waals surface area contributed by atoms with Crippen LogP contribution < -0.4 is 4.74 Å². The summed E-state index contributed by atoms with van der Waals surface area (Å²) in [6.45, 7) is 1.85. The number of benzene rings is 2. The molecule has 5 heteroatoms. The Bertz CT molecular complexity index is 885. The molecule has 0 aliphatic carbocycles. The van der Waals surface area contributed by atoms with E-state index in [2.05, 4.69) is 4.98 Å². The number of carbonyl (C=O) groups is 1. The lowest BCUT2D eigenvalue weighted by Crippen LogP contribution is -2.08. The zero-order valence-corrected chi connectivity index (χ0v) is 13.3. The number of aliphatic hydroxyl groups is 1. The van der Waals surface area contributed by atoms with Crippen molar-refractivity contribution in [3.8, 4) is 5.75 Å². The number of aromatic amines is 1. The van der Waals surface area contributed by atoms with Gasteiger partial charge in [-0.05, 0) is 25.1 Å². The van der Waals surface area contributed by atoms with Crippen LogP contribution in [0, 0.1) is 12.7 Å². The van der Waals surface area contributed by atoms with Gasteiger partial charge in [0.15, 0.2) is 5.78 Å². The molecule has 124 valence electrons. The first-order valence-electron chi connectivity index (χ1n) is 7.71. The predicted molar refractivity (Wildman–Crippen MR) is 90.1 cm³/mol. The number of fused-ring (bicyclic) bond motifs is 1. The summed E-state index contributed by atoms with van der Waals surface area (Å²) >= 11 is 0. The quantitative estimate of drug-likeness (QED) is 0.682. The van der Waals surface area contributed by atoms with Gasteiger partial charge < -0.3 is 14.8 Å². The van der Waals surface area contributed by atoms with E-state index in [0.717, 1.165) is 16.5 Å². The number of Topliss-reactive ketones (excluding diaryl/α,β-unsaturated/α-hetero) is 1. The van der Waals surface area contributed by atoms with E-state index in [0.29, 0.717) is 11.1 Å². The number of ether oxygens (including phenoxy) is 1. The zero-order chi connectivity index (χ0) is 17.1. The first-order valence-corrected chi connectivity index (χ1v) is 7.71. The predicted octanol–water partition coefficient (Wildman–Crippen LogP) is 3.41. The lowest BCUT2D eigenvalue weighted by atomic mass is 10.0. The molecule has 3 aromatic rings. The maximum Gasteiger partial charge on any atom is 0.169 e. The van der Waals surface area contributed by atoms with Crippen LogP contribution in [-0.2, 0) is 6.42 Å². The highest BCUT2D eigenvalue weighted by atomic mass is 19.1. The standard InChI is InChI=1S/C19H18FNO3/c1-12-2-5-17-15(8-12)16(11-21-17)18(23)9-13-3-4-14(20)10-19(13)24-7-6-22/h2-5,8,10-11,21-22H,6-7,9H2,1H3. The smallest absolute Gasteiger partial charge is 0.169 e. The van der Waals surface area contributed by atoms with Crippen LogP contribution in [0.3, 0.4) is 0 Å². The highest BCUT2D eigenvalue weighted by molar-refractivity contribution is 6.08. The van der Waals surface area contributed by atoms with Gasteiger partial charge in [0, 0.05) is 40.7 Å². The summed E-state index contributed by atoms with van der Waals surface area (Å²) in [5, 5.41) is 9.75. The molecule has 0 fully saturated rings. The maximum atomic E-state index is 13.4. The number of aromatic nitrogens is 1. The summed E-state index contributed by atoms with van der Waals surface area (Å²) < 4.78 is 18.7. The van der Waals surface area contributed by atoms with E-state index >= 15 is 0 Å². The molecule has 0 atom stereocenters. The third-order valence-corrected chi connectivity index (χ3v) is 3.87. The molecule has 0 saturated carbocycles. The molecule has 0 saturated heterocycles. The fourth-order valence-electron chi connectivity index (χ4n) is 2.70. The van der Waals surface area contributed by atoms with Gasteiger partial charge in [0.2, 0.25) is 0 Å². The van der Waals surface area contributed by atoms with Crippen LogP contribution in [0.2, 0.25) is 0 Å². The molecule has 0 amide bonds. The van der Waals surface area contributed by atoms with Gasteiger partial charge in [0.05, 0.1) is 6.61 Å². The van der Waals surface area contributed by atoms with Crippen LogP contribution in [-0.4, -0.2) is 29.1 Å². The number of carbonyl (C=O) groups excluding carboxylic acids is 1. The zero-order valence-electron chi connectivity index (χ0n) is 13.3. The number of nitrogens with one attached hydrogen (secondary N) is 1. The second-order valence-electron chi connectivity index (χ2n) is 5.68. The van der Waals surface area contributed by atoms with Gasteiger partial charge in [0.25, 0.3) is 0 Å². The number of aliphatic hydroxyl groups excluding tert-OH is 1. The fourth-order valence-corrected chi connectivity index (χ4v) is 2.70. The number of ketones is 1. The molecule has 0 aliphatic rings. The van der Waals surface area contributed by atoms with E-state index in [1.165, 1.54) is 12.1 Å². The molecule has 24 heavy (non-hydrogen) atoms. The molecule has 4 nitrogen and oxygen atoms in total. The topological polar surface area (TPSA) is 62.3 Å². The van der Waals surface area contributed by atoms with Crippen molar-refractivity contribution in [2.24, 2.45) is 0 Å². The van der Waals surface area contributed by atoms with Crippen LogP contribution in [0.25, 0.3) is 10.9 Å². The Labute approximate surface area is 138 Å². The Kier molecular flexibility index (Phi) is 4.62. The highest BCUT2D eigenvalue weighted by Crippen LogP contribution is 2.25. The normalized spacial score (nSPS) is 11.0.